The fraction of sp³-hybridized carbons (Fsp3) is 0.467. The molecule has 0 spiro atoms. The van der Waals surface area contributed by atoms with Crippen LogP contribution in [0.2, 0.25) is 0 Å². The lowest BCUT2D eigenvalue weighted by molar-refractivity contribution is 0.642. The normalized spacial score (nSPS) is 14.9. The fourth-order valence-electron chi connectivity index (χ4n) is 2.84. The molecule has 0 saturated heterocycles. The van der Waals surface area contributed by atoms with Gasteiger partial charge >= 0.3 is 0 Å². The first-order valence-corrected chi connectivity index (χ1v) is 7.67. The summed E-state index contributed by atoms with van der Waals surface area (Å²) >= 11 is 5.33. The lowest BCUT2D eigenvalue weighted by Gasteiger charge is -2.21. The van der Waals surface area contributed by atoms with Crippen molar-refractivity contribution in [1.29, 1.82) is 0 Å². The van der Waals surface area contributed by atoms with Gasteiger partial charge in [0, 0.05) is 19.6 Å². The summed E-state index contributed by atoms with van der Waals surface area (Å²) in [5.41, 5.74) is 2.93. The monoisotopic (exact) mass is 288 g/mol. The van der Waals surface area contributed by atoms with Gasteiger partial charge in [0.25, 0.3) is 0 Å². The Labute approximate surface area is 124 Å². The second-order valence-electron chi connectivity index (χ2n) is 5.24. The molecule has 0 saturated carbocycles. The number of anilines is 1. The fourth-order valence-corrected chi connectivity index (χ4v) is 3.06. The van der Waals surface area contributed by atoms with Gasteiger partial charge in [0.15, 0.2) is 4.77 Å². The molecule has 106 valence electrons. The molecule has 1 aromatic carbocycles. The quantitative estimate of drug-likeness (QED) is 0.882. The summed E-state index contributed by atoms with van der Waals surface area (Å²) in [6.45, 7) is 5.09. The molecule has 0 amide bonds. The zero-order valence-corrected chi connectivity index (χ0v) is 12.6. The van der Waals surface area contributed by atoms with Crippen LogP contribution in [0.25, 0.3) is 0 Å². The van der Waals surface area contributed by atoms with Gasteiger partial charge < -0.3 is 4.90 Å². The van der Waals surface area contributed by atoms with Crippen molar-refractivity contribution in [2.75, 3.05) is 18.0 Å². The number of aromatic nitrogens is 3. The Bertz CT molecular complexity index is 616. The summed E-state index contributed by atoms with van der Waals surface area (Å²) in [4.78, 5) is 2.35. The van der Waals surface area contributed by atoms with E-state index >= 15 is 0 Å². The molecular formula is C15H20N4S. The Kier molecular flexibility index (Phi) is 3.87. The lowest BCUT2D eigenvalue weighted by atomic mass is 10.0. The number of rotatable bonds is 3. The van der Waals surface area contributed by atoms with Gasteiger partial charge in [-0.2, -0.15) is 0 Å². The average molecular weight is 288 g/mol. The third-order valence-electron chi connectivity index (χ3n) is 3.89. The molecule has 20 heavy (non-hydrogen) atoms. The number of benzene rings is 1. The SMILES string of the molecule is CCCn1c(N2CCc3ccccc3CC2)n[nH]c1=S. The standard InChI is InChI=1S/C15H20N4S/c1-2-9-19-14(16-17-15(19)20)18-10-7-12-5-3-4-6-13(12)8-11-18/h3-6H,2,7-11H2,1H3,(H,17,20). The van der Waals surface area contributed by atoms with Crippen molar-refractivity contribution >= 4 is 18.2 Å². The Hall–Kier alpha value is -1.62. The summed E-state index contributed by atoms with van der Waals surface area (Å²) in [6.07, 6.45) is 3.21. The van der Waals surface area contributed by atoms with Crippen LogP contribution in [-0.2, 0) is 19.4 Å². The first-order valence-electron chi connectivity index (χ1n) is 7.26. The highest BCUT2D eigenvalue weighted by atomic mass is 32.1. The second-order valence-corrected chi connectivity index (χ2v) is 5.62. The minimum atomic E-state index is 0.726. The van der Waals surface area contributed by atoms with Crippen LogP contribution in [0.3, 0.4) is 0 Å². The Morgan fingerprint density at radius 1 is 1.20 bits per heavy atom. The molecule has 0 bridgehead atoms. The van der Waals surface area contributed by atoms with Gasteiger partial charge in [0.1, 0.15) is 0 Å². The van der Waals surface area contributed by atoms with E-state index in [1.165, 1.54) is 11.1 Å². The van der Waals surface area contributed by atoms with Crippen molar-refractivity contribution in [3.05, 3.63) is 40.2 Å². The summed E-state index contributed by atoms with van der Waals surface area (Å²) < 4.78 is 2.84. The molecule has 0 fully saturated rings. The van der Waals surface area contributed by atoms with Gasteiger partial charge in [-0.3, -0.25) is 4.57 Å². The molecule has 1 aliphatic rings. The molecule has 0 radical (unpaired) electrons. The van der Waals surface area contributed by atoms with Crippen LogP contribution < -0.4 is 4.90 Å². The number of aromatic amines is 1. The van der Waals surface area contributed by atoms with Gasteiger partial charge in [0.2, 0.25) is 5.95 Å². The largest absolute Gasteiger partial charge is 0.340 e. The maximum atomic E-state index is 5.33. The third-order valence-corrected chi connectivity index (χ3v) is 4.20. The van der Waals surface area contributed by atoms with Crippen LogP contribution in [0.1, 0.15) is 24.5 Å². The first-order chi connectivity index (χ1) is 9.79. The highest BCUT2D eigenvalue weighted by Gasteiger charge is 2.18. The van der Waals surface area contributed by atoms with Crippen LogP contribution >= 0.6 is 12.2 Å². The van der Waals surface area contributed by atoms with Crippen molar-refractivity contribution in [3.63, 3.8) is 0 Å². The number of hydrogen-bond acceptors (Lipinski definition) is 3. The average Bonchev–Trinajstić information content (AvgIpc) is 2.72. The summed E-state index contributed by atoms with van der Waals surface area (Å²) in [7, 11) is 0. The molecule has 4 nitrogen and oxygen atoms in total. The van der Waals surface area contributed by atoms with Crippen molar-refractivity contribution in [2.45, 2.75) is 32.7 Å². The smallest absolute Gasteiger partial charge is 0.225 e. The van der Waals surface area contributed by atoms with Gasteiger partial charge in [0.05, 0.1) is 0 Å². The number of nitrogens with zero attached hydrogens (tertiary/aromatic N) is 3. The minimum Gasteiger partial charge on any atom is -0.340 e. The summed E-state index contributed by atoms with van der Waals surface area (Å²) in [6, 6.07) is 8.73. The lowest BCUT2D eigenvalue weighted by Crippen LogP contribution is -2.29. The van der Waals surface area contributed by atoms with Crippen LogP contribution in [0.15, 0.2) is 24.3 Å². The summed E-state index contributed by atoms with van der Waals surface area (Å²) in [5, 5.41) is 7.37. The number of hydrogen-bond donors (Lipinski definition) is 1. The summed E-state index contributed by atoms with van der Waals surface area (Å²) in [5.74, 6) is 0.990. The Balaban J connectivity index is 1.85. The van der Waals surface area contributed by atoms with E-state index in [1.807, 2.05) is 0 Å². The predicted octanol–water partition coefficient (Wildman–Crippen LogP) is 2.96. The first kappa shape index (κ1) is 13.4. The molecule has 3 rings (SSSR count). The van der Waals surface area contributed by atoms with Crippen molar-refractivity contribution < 1.29 is 0 Å². The molecule has 1 N–H and O–H groups in total. The van der Waals surface area contributed by atoms with E-state index in [4.69, 9.17) is 12.2 Å². The van der Waals surface area contributed by atoms with Gasteiger partial charge in [-0.25, -0.2) is 5.10 Å². The van der Waals surface area contributed by atoms with E-state index in [9.17, 15) is 0 Å². The Morgan fingerprint density at radius 3 is 2.45 bits per heavy atom. The highest BCUT2D eigenvalue weighted by Crippen LogP contribution is 2.20. The van der Waals surface area contributed by atoms with E-state index in [1.54, 1.807) is 0 Å². The molecular weight excluding hydrogens is 268 g/mol. The maximum absolute atomic E-state index is 5.33. The zero-order chi connectivity index (χ0) is 13.9. The number of H-pyrrole nitrogens is 1. The van der Waals surface area contributed by atoms with E-state index in [-0.39, 0.29) is 0 Å². The second kappa shape index (κ2) is 5.79. The van der Waals surface area contributed by atoms with E-state index in [0.717, 1.165) is 49.6 Å². The van der Waals surface area contributed by atoms with Crippen molar-refractivity contribution in [3.8, 4) is 0 Å². The van der Waals surface area contributed by atoms with Crippen LogP contribution in [-0.4, -0.2) is 27.9 Å². The Morgan fingerprint density at radius 2 is 1.85 bits per heavy atom. The zero-order valence-electron chi connectivity index (χ0n) is 11.8. The van der Waals surface area contributed by atoms with E-state index in [2.05, 4.69) is 50.9 Å². The van der Waals surface area contributed by atoms with Crippen LogP contribution in [0, 0.1) is 4.77 Å². The minimum absolute atomic E-state index is 0.726. The number of fused-ring (bicyclic) bond motifs is 1. The third kappa shape index (κ3) is 2.50. The van der Waals surface area contributed by atoms with E-state index < -0.39 is 0 Å². The van der Waals surface area contributed by atoms with Crippen molar-refractivity contribution in [1.82, 2.24) is 14.8 Å². The van der Waals surface area contributed by atoms with E-state index in [0.29, 0.717) is 0 Å². The molecule has 1 aromatic heterocycles. The van der Waals surface area contributed by atoms with Gasteiger partial charge in [-0.1, -0.05) is 31.2 Å². The molecule has 0 unspecified atom stereocenters. The highest BCUT2D eigenvalue weighted by molar-refractivity contribution is 7.71. The molecule has 2 aromatic rings. The number of nitrogens with one attached hydrogen (secondary N) is 1. The predicted molar refractivity (Wildman–Crippen MR) is 83.8 cm³/mol. The van der Waals surface area contributed by atoms with Crippen molar-refractivity contribution in [2.24, 2.45) is 0 Å². The molecule has 2 heterocycles. The van der Waals surface area contributed by atoms with Gasteiger partial charge in [-0.15, -0.1) is 5.10 Å². The van der Waals surface area contributed by atoms with Crippen LogP contribution in [0.4, 0.5) is 5.95 Å². The molecule has 5 heteroatoms. The molecule has 1 aliphatic heterocycles. The molecule has 0 aliphatic carbocycles. The van der Waals surface area contributed by atoms with Crippen LogP contribution in [0.5, 0.6) is 0 Å². The van der Waals surface area contributed by atoms with Gasteiger partial charge in [-0.05, 0) is 42.6 Å². The maximum Gasteiger partial charge on any atom is 0.225 e. The molecule has 0 atom stereocenters. The topological polar surface area (TPSA) is 36.9 Å².